The maximum Gasteiger partial charge on any atom is 0.118 e. The Morgan fingerprint density at radius 3 is 2.43 bits per heavy atom. The molecule has 0 amide bonds. The van der Waals surface area contributed by atoms with Crippen LogP contribution in [-0.4, -0.2) is 13.7 Å². The maximum absolute atomic E-state index is 6.38. The third kappa shape index (κ3) is 3.91. The number of nitrogens with one attached hydrogen (secondary N) is 1. The quantitative estimate of drug-likeness (QED) is 0.799. The van der Waals surface area contributed by atoms with Crippen molar-refractivity contribution in [1.29, 1.82) is 0 Å². The summed E-state index contributed by atoms with van der Waals surface area (Å²) in [7, 11) is 1.66. The summed E-state index contributed by atoms with van der Waals surface area (Å²) in [6, 6.07) is 13.7. The van der Waals surface area contributed by atoms with E-state index in [1.54, 1.807) is 13.2 Å². The molecule has 2 rings (SSSR count). The van der Waals surface area contributed by atoms with Gasteiger partial charge in [0.05, 0.1) is 23.2 Å². The summed E-state index contributed by atoms with van der Waals surface area (Å²) in [5.74, 6) is 0.838. The third-order valence-electron chi connectivity index (χ3n) is 3.34. The fraction of sp³-hybridized carbons (Fsp3) is 0.294. The smallest absolute Gasteiger partial charge is 0.118 e. The second-order valence-electron chi connectivity index (χ2n) is 4.80. The summed E-state index contributed by atoms with van der Waals surface area (Å²) < 4.78 is 5.21. The molecule has 4 heteroatoms. The number of benzene rings is 2. The zero-order valence-corrected chi connectivity index (χ0v) is 13.7. The molecule has 1 N–H and O–H groups in total. The molecular formula is C17H19Cl2NO. The first-order valence-corrected chi connectivity index (χ1v) is 7.74. The summed E-state index contributed by atoms with van der Waals surface area (Å²) in [5, 5.41) is 4.70. The van der Waals surface area contributed by atoms with Gasteiger partial charge in [-0.1, -0.05) is 54.4 Å². The van der Waals surface area contributed by atoms with Gasteiger partial charge >= 0.3 is 0 Å². The van der Waals surface area contributed by atoms with Gasteiger partial charge in [0.25, 0.3) is 0 Å². The van der Waals surface area contributed by atoms with Crippen LogP contribution in [0.25, 0.3) is 0 Å². The second-order valence-corrected chi connectivity index (χ2v) is 5.59. The third-order valence-corrected chi connectivity index (χ3v) is 4.17. The molecule has 1 unspecified atom stereocenters. The monoisotopic (exact) mass is 323 g/mol. The van der Waals surface area contributed by atoms with Gasteiger partial charge in [0.15, 0.2) is 0 Å². The fourth-order valence-electron chi connectivity index (χ4n) is 2.24. The molecule has 0 heterocycles. The van der Waals surface area contributed by atoms with Crippen LogP contribution in [0, 0.1) is 0 Å². The van der Waals surface area contributed by atoms with Crippen molar-refractivity contribution in [3.8, 4) is 5.75 Å². The van der Waals surface area contributed by atoms with Gasteiger partial charge in [-0.2, -0.15) is 0 Å². The predicted molar refractivity (Wildman–Crippen MR) is 89.6 cm³/mol. The Labute approximate surface area is 136 Å². The summed E-state index contributed by atoms with van der Waals surface area (Å²) in [4.78, 5) is 0. The molecule has 0 saturated carbocycles. The highest BCUT2D eigenvalue weighted by Crippen LogP contribution is 2.33. The molecule has 0 aliphatic carbocycles. The van der Waals surface area contributed by atoms with E-state index in [1.165, 1.54) is 0 Å². The molecule has 112 valence electrons. The van der Waals surface area contributed by atoms with Crippen molar-refractivity contribution in [2.75, 3.05) is 13.7 Å². The van der Waals surface area contributed by atoms with E-state index in [9.17, 15) is 0 Å². The van der Waals surface area contributed by atoms with Crippen molar-refractivity contribution < 1.29 is 4.74 Å². The van der Waals surface area contributed by atoms with Gasteiger partial charge < -0.3 is 10.1 Å². The first-order chi connectivity index (χ1) is 10.2. The molecule has 2 nitrogen and oxygen atoms in total. The fourth-order valence-corrected chi connectivity index (χ4v) is 2.65. The van der Waals surface area contributed by atoms with Crippen LogP contribution < -0.4 is 10.1 Å². The topological polar surface area (TPSA) is 21.3 Å². The molecule has 0 fully saturated rings. The number of rotatable bonds is 6. The Morgan fingerprint density at radius 1 is 1.10 bits per heavy atom. The summed E-state index contributed by atoms with van der Waals surface area (Å²) in [6.45, 7) is 3.04. The van der Waals surface area contributed by atoms with Crippen LogP contribution in [0.5, 0.6) is 5.75 Å². The molecule has 0 spiro atoms. The van der Waals surface area contributed by atoms with E-state index in [-0.39, 0.29) is 6.04 Å². The lowest BCUT2D eigenvalue weighted by molar-refractivity contribution is 0.414. The van der Waals surface area contributed by atoms with Crippen molar-refractivity contribution in [2.24, 2.45) is 0 Å². The van der Waals surface area contributed by atoms with Gasteiger partial charge in [0.2, 0.25) is 0 Å². The summed E-state index contributed by atoms with van der Waals surface area (Å²) in [6.07, 6.45) is 1.05. The van der Waals surface area contributed by atoms with E-state index in [0.29, 0.717) is 10.0 Å². The zero-order valence-electron chi connectivity index (χ0n) is 12.2. The Morgan fingerprint density at radius 2 is 1.81 bits per heavy atom. The standard InChI is InChI=1S/C17H19Cl2NO/c1-3-11-20-17(12-7-9-13(21-2)10-8-12)14-5-4-6-15(18)16(14)19/h4-10,17,20H,3,11H2,1-2H3. The Balaban J connectivity index is 2.39. The van der Waals surface area contributed by atoms with E-state index >= 15 is 0 Å². The van der Waals surface area contributed by atoms with Crippen LogP contribution in [0.1, 0.15) is 30.5 Å². The zero-order chi connectivity index (χ0) is 15.2. The Kier molecular flexibility index (Phi) is 5.92. The van der Waals surface area contributed by atoms with Crippen LogP contribution in [-0.2, 0) is 0 Å². The number of methoxy groups -OCH3 is 1. The number of ether oxygens (including phenoxy) is 1. The molecule has 0 radical (unpaired) electrons. The minimum absolute atomic E-state index is 0.0158. The second kappa shape index (κ2) is 7.69. The van der Waals surface area contributed by atoms with Gasteiger partial charge in [0.1, 0.15) is 5.75 Å². The summed E-state index contributed by atoms with van der Waals surface area (Å²) >= 11 is 12.5. The number of hydrogen-bond acceptors (Lipinski definition) is 2. The van der Waals surface area contributed by atoms with Gasteiger partial charge in [-0.05, 0) is 42.3 Å². The first-order valence-electron chi connectivity index (χ1n) is 6.98. The highest BCUT2D eigenvalue weighted by molar-refractivity contribution is 6.42. The lowest BCUT2D eigenvalue weighted by Crippen LogP contribution is -2.23. The summed E-state index contributed by atoms with van der Waals surface area (Å²) in [5.41, 5.74) is 2.12. The lowest BCUT2D eigenvalue weighted by atomic mass is 9.98. The molecule has 1 atom stereocenters. The molecule has 0 bridgehead atoms. The van der Waals surface area contributed by atoms with Crippen molar-refractivity contribution >= 4 is 23.2 Å². The maximum atomic E-state index is 6.38. The van der Waals surface area contributed by atoms with Crippen LogP contribution >= 0.6 is 23.2 Å². The first kappa shape index (κ1) is 16.2. The average Bonchev–Trinajstić information content (AvgIpc) is 2.52. The molecule has 2 aromatic rings. The molecule has 2 aromatic carbocycles. The number of hydrogen-bond donors (Lipinski definition) is 1. The highest BCUT2D eigenvalue weighted by Gasteiger charge is 2.17. The SMILES string of the molecule is CCCNC(c1ccc(OC)cc1)c1cccc(Cl)c1Cl. The van der Waals surface area contributed by atoms with E-state index in [2.05, 4.69) is 12.2 Å². The van der Waals surface area contributed by atoms with Crippen LogP contribution in [0.3, 0.4) is 0 Å². The van der Waals surface area contributed by atoms with Crippen LogP contribution in [0.2, 0.25) is 10.0 Å². The molecule has 0 aliphatic heterocycles. The van der Waals surface area contributed by atoms with E-state index in [1.807, 2.05) is 36.4 Å². The van der Waals surface area contributed by atoms with E-state index in [0.717, 1.165) is 29.8 Å². The van der Waals surface area contributed by atoms with Crippen molar-refractivity contribution in [1.82, 2.24) is 5.32 Å². The predicted octanol–water partition coefficient (Wildman–Crippen LogP) is 5.09. The lowest BCUT2D eigenvalue weighted by Gasteiger charge is -2.21. The van der Waals surface area contributed by atoms with Crippen molar-refractivity contribution in [3.05, 3.63) is 63.6 Å². The van der Waals surface area contributed by atoms with Gasteiger partial charge in [0, 0.05) is 0 Å². The van der Waals surface area contributed by atoms with E-state index in [4.69, 9.17) is 27.9 Å². The largest absolute Gasteiger partial charge is 0.497 e. The van der Waals surface area contributed by atoms with Crippen LogP contribution in [0.15, 0.2) is 42.5 Å². The molecular weight excluding hydrogens is 305 g/mol. The Bertz CT molecular complexity index is 584. The number of halogens is 2. The van der Waals surface area contributed by atoms with Gasteiger partial charge in [-0.3, -0.25) is 0 Å². The Hall–Kier alpha value is -1.22. The van der Waals surface area contributed by atoms with E-state index < -0.39 is 0 Å². The average molecular weight is 324 g/mol. The normalized spacial score (nSPS) is 12.2. The molecule has 0 aromatic heterocycles. The molecule has 0 saturated heterocycles. The molecule has 21 heavy (non-hydrogen) atoms. The van der Waals surface area contributed by atoms with Gasteiger partial charge in [-0.25, -0.2) is 0 Å². The minimum atomic E-state index is 0.0158. The molecule has 0 aliphatic rings. The highest BCUT2D eigenvalue weighted by atomic mass is 35.5. The van der Waals surface area contributed by atoms with Crippen molar-refractivity contribution in [2.45, 2.75) is 19.4 Å². The van der Waals surface area contributed by atoms with Gasteiger partial charge in [-0.15, -0.1) is 0 Å². The van der Waals surface area contributed by atoms with Crippen molar-refractivity contribution in [3.63, 3.8) is 0 Å². The minimum Gasteiger partial charge on any atom is -0.497 e. The van der Waals surface area contributed by atoms with Crippen LogP contribution in [0.4, 0.5) is 0 Å².